The first-order chi connectivity index (χ1) is 8.13. The summed E-state index contributed by atoms with van der Waals surface area (Å²) in [7, 11) is 0. The maximum absolute atomic E-state index is 11.6. The second-order valence-corrected chi connectivity index (χ2v) is 5.11. The van der Waals surface area contributed by atoms with Crippen LogP contribution in [0.5, 0.6) is 0 Å². The van der Waals surface area contributed by atoms with E-state index in [-0.39, 0.29) is 12.0 Å². The third-order valence-corrected chi connectivity index (χ3v) is 3.51. The SMILES string of the molecule is CSC[C@H](C)/N=C1\OC(=O)c2cccc(Cl)c21. The van der Waals surface area contributed by atoms with Crippen LogP contribution in [0.3, 0.4) is 0 Å². The minimum atomic E-state index is -0.377. The second-order valence-electron chi connectivity index (χ2n) is 3.79. The first kappa shape index (κ1) is 12.5. The van der Waals surface area contributed by atoms with Crippen molar-refractivity contribution in [1.82, 2.24) is 0 Å². The third-order valence-electron chi connectivity index (χ3n) is 2.38. The van der Waals surface area contributed by atoms with E-state index in [0.717, 1.165) is 5.75 Å². The van der Waals surface area contributed by atoms with Gasteiger partial charge in [-0.2, -0.15) is 11.8 Å². The summed E-state index contributed by atoms with van der Waals surface area (Å²) in [5.41, 5.74) is 1.11. The number of hydrogen-bond acceptors (Lipinski definition) is 4. The summed E-state index contributed by atoms with van der Waals surface area (Å²) in [6.45, 7) is 1.98. The van der Waals surface area contributed by atoms with Gasteiger partial charge in [0.25, 0.3) is 0 Å². The van der Waals surface area contributed by atoms with Crippen molar-refractivity contribution in [2.24, 2.45) is 4.99 Å². The van der Waals surface area contributed by atoms with Gasteiger partial charge in [-0.1, -0.05) is 17.7 Å². The molecular formula is C12H12ClNO2S. The summed E-state index contributed by atoms with van der Waals surface area (Å²) in [5.74, 6) is 0.843. The topological polar surface area (TPSA) is 38.7 Å². The summed E-state index contributed by atoms with van der Waals surface area (Å²) in [6, 6.07) is 5.26. The molecule has 17 heavy (non-hydrogen) atoms. The highest BCUT2D eigenvalue weighted by Crippen LogP contribution is 2.28. The van der Waals surface area contributed by atoms with Crippen LogP contribution in [-0.2, 0) is 4.74 Å². The summed E-state index contributed by atoms with van der Waals surface area (Å²) in [6.07, 6.45) is 2.01. The van der Waals surface area contributed by atoms with Gasteiger partial charge in [0.2, 0.25) is 5.90 Å². The van der Waals surface area contributed by atoms with E-state index in [1.54, 1.807) is 30.0 Å². The molecule has 0 N–H and O–H groups in total. The molecule has 2 rings (SSSR count). The standard InChI is InChI=1S/C12H12ClNO2S/c1-7(6-17-2)14-11-10-8(12(15)16-11)4-3-5-9(10)13/h3-5,7H,6H2,1-2H3/b14-11-/t7-/m0/s1. The van der Waals surface area contributed by atoms with Crippen molar-refractivity contribution in [3.05, 3.63) is 34.3 Å². The highest BCUT2D eigenvalue weighted by Gasteiger charge is 2.30. The van der Waals surface area contributed by atoms with Crippen LogP contribution >= 0.6 is 23.4 Å². The molecule has 1 atom stereocenters. The smallest absolute Gasteiger partial charge is 0.345 e. The minimum Gasteiger partial charge on any atom is -0.403 e. The molecule has 1 heterocycles. The first-order valence-electron chi connectivity index (χ1n) is 5.21. The van der Waals surface area contributed by atoms with Crippen LogP contribution in [0.15, 0.2) is 23.2 Å². The maximum Gasteiger partial charge on any atom is 0.345 e. The van der Waals surface area contributed by atoms with Crippen molar-refractivity contribution < 1.29 is 9.53 Å². The Labute approximate surface area is 109 Å². The average molecular weight is 270 g/mol. The molecule has 0 saturated heterocycles. The molecule has 0 aromatic heterocycles. The lowest BCUT2D eigenvalue weighted by Gasteiger charge is -2.05. The molecule has 0 amide bonds. The van der Waals surface area contributed by atoms with Crippen LogP contribution in [0.25, 0.3) is 0 Å². The van der Waals surface area contributed by atoms with E-state index in [1.165, 1.54) is 0 Å². The Hall–Kier alpha value is -1.00. The fourth-order valence-corrected chi connectivity index (χ4v) is 2.49. The van der Waals surface area contributed by atoms with Crippen molar-refractivity contribution in [2.75, 3.05) is 12.0 Å². The van der Waals surface area contributed by atoms with Crippen LogP contribution in [0.2, 0.25) is 5.02 Å². The Morgan fingerprint density at radius 1 is 1.53 bits per heavy atom. The quantitative estimate of drug-likeness (QED) is 0.792. The number of cyclic esters (lactones) is 1. The van der Waals surface area contributed by atoms with Crippen LogP contribution in [-0.4, -0.2) is 29.9 Å². The lowest BCUT2D eigenvalue weighted by atomic mass is 10.1. The monoisotopic (exact) mass is 269 g/mol. The molecule has 1 aliphatic rings. The van der Waals surface area contributed by atoms with E-state index in [1.807, 2.05) is 13.2 Å². The number of benzene rings is 1. The molecule has 1 aromatic rings. The molecule has 0 aliphatic carbocycles. The molecule has 0 spiro atoms. The largest absolute Gasteiger partial charge is 0.403 e. The zero-order valence-electron chi connectivity index (χ0n) is 9.57. The predicted molar refractivity (Wildman–Crippen MR) is 71.2 cm³/mol. The zero-order valence-corrected chi connectivity index (χ0v) is 11.1. The van der Waals surface area contributed by atoms with Gasteiger partial charge < -0.3 is 4.74 Å². The summed E-state index contributed by atoms with van der Waals surface area (Å²) in [4.78, 5) is 16.0. The van der Waals surface area contributed by atoms with E-state index in [4.69, 9.17) is 16.3 Å². The summed E-state index contributed by atoms with van der Waals surface area (Å²) < 4.78 is 5.15. The normalized spacial score (nSPS) is 18.1. The summed E-state index contributed by atoms with van der Waals surface area (Å²) >= 11 is 7.77. The number of rotatable bonds is 3. The van der Waals surface area contributed by atoms with Crippen LogP contribution in [0, 0.1) is 0 Å². The number of carbonyl (C=O) groups is 1. The van der Waals surface area contributed by atoms with Gasteiger partial charge >= 0.3 is 5.97 Å². The van der Waals surface area contributed by atoms with Crippen molar-refractivity contribution in [2.45, 2.75) is 13.0 Å². The van der Waals surface area contributed by atoms with Gasteiger partial charge in [-0.15, -0.1) is 0 Å². The van der Waals surface area contributed by atoms with E-state index >= 15 is 0 Å². The predicted octanol–water partition coefficient (Wildman–Crippen LogP) is 3.01. The van der Waals surface area contributed by atoms with E-state index in [2.05, 4.69) is 4.99 Å². The number of thioether (sulfide) groups is 1. The van der Waals surface area contributed by atoms with Gasteiger partial charge in [-0.25, -0.2) is 9.79 Å². The first-order valence-corrected chi connectivity index (χ1v) is 6.98. The Bertz CT molecular complexity index is 487. The minimum absolute atomic E-state index is 0.0926. The van der Waals surface area contributed by atoms with Gasteiger partial charge in [0.15, 0.2) is 0 Å². The molecule has 0 bridgehead atoms. The Morgan fingerprint density at radius 3 is 3.00 bits per heavy atom. The van der Waals surface area contributed by atoms with Crippen molar-refractivity contribution in [3.63, 3.8) is 0 Å². The van der Waals surface area contributed by atoms with E-state index < -0.39 is 0 Å². The highest BCUT2D eigenvalue weighted by molar-refractivity contribution is 7.98. The van der Waals surface area contributed by atoms with Gasteiger partial charge in [0.05, 0.1) is 22.2 Å². The number of aliphatic imine (C=N–C) groups is 1. The van der Waals surface area contributed by atoms with Gasteiger partial charge in [0.1, 0.15) is 0 Å². The lowest BCUT2D eigenvalue weighted by molar-refractivity contribution is 0.0736. The number of carbonyl (C=O) groups excluding carboxylic acids is 1. The molecule has 5 heteroatoms. The Balaban J connectivity index is 2.39. The molecule has 1 aliphatic heterocycles. The average Bonchev–Trinajstić information content (AvgIpc) is 2.57. The van der Waals surface area contributed by atoms with Crippen molar-refractivity contribution >= 4 is 35.2 Å². The fraction of sp³-hybridized carbons (Fsp3) is 0.333. The molecule has 0 radical (unpaired) electrons. The molecule has 0 unspecified atom stereocenters. The number of esters is 1. The third kappa shape index (κ3) is 2.48. The highest BCUT2D eigenvalue weighted by atomic mass is 35.5. The van der Waals surface area contributed by atoms with Crippen LogP contribution < -0.4 is 0 Å². The van der Waals surface area contributed by atoms with Crippen LogP contribution in [0.1, 0.15) is 22.8 Å². The Kier molecular flexibility index (Phi) is 3.74. The number of hydrogen-bond donors (Lipinski definition) is 0. The summed E-state index contributed by atoms with van der Waals surface area (Å²) in [5, 5.41) is 0.503. The molecular weight excluding hydrogens is 258 g/mol. The van der Waals surface area contributed by atoms with Crippen LogP contribution in [0.4, 0.5) is 0 Å². The molecule has 1 aromatic carbocycles. The zero-order chi connectivity index (χ0) is 12.4. The van der Waals surface area contributed by atoms with E-state index in [0.29, 0.717) is 22.0 Å². The Morgan fingerprint density at radius 2 is 2.29 bits per heavy atom. The number of fused-ring (bicyclic) bond motifs is 1. The van der Waals surface area contributed by atoms with E-state index in [9.17, 15) is 4.79 Å². The fourth-order valence-electron chi connectivity index (χ4n) is 1.67. The number of ether oxygens (including phenoxy) is 1. The molecule has 0 fully saturated rings. The second kappa shape index (κ2) is 5.10. The lowest BCUT2D eigenvalue weighted by Crippen LogP contribution is -2.09. The van der Waals surface area contributed by atoms with Gasteiger partial charge in [-0.05, 0) is 25.3 Å². The van der Waals surface area contributed by atoms with Crippen molar-refractivity contribution in [1.29, 1.82) is 0 Å². The van der Waals surface area contributed by atoms with Gasteiger partial charge in [-0.3, -0.25) is 0 Å². The maximum atomic E-state index is 11.6. The van der Waals surface area contributed by atoms with Crippen molar-refractivity contribution in [3.8, 4) is 0 Å². The van der Waals surface area contributed by atoms with Gasteiger partial charge in [0, 0.05) is 5.75 Å². The number of halogens is 1. The molecule has 0 saturated carbocycles. The number of nitrogens with zero attached hydrogens (tertiary/aromatic N) is 1. The molecule has 90 valence electrons. The molecule has 3 nitrogen and oxygen atoms in total.